The summed E-state index contributed by atoms with van der Waals surface area (Å²) < 4.78 is 4.70. The number of likely N-dealkylation sites (tertiary alicyclic amines) is 1. The van der Waals surface area contributed by atoms with Crippen LogP contribution in [0.15, 0.2) is 10.6 Å². The summed E-state index contributed by atoms with van der Waals surface area (Å²) in [6.45, 7) is 8.23. The van der Waals surface area contributed by atoms with E-state index < -0.39 is 0 Å². The summed E-state index contributed by atoms with van der Waals surface area (Å²) >= 11 is 0. The van der Waals surface area contributed by atoms with Crippen LogP contribution in [0.4, 0.5) is 0 Å². The van der Waals surface area contributed by atoms with Gasteiger partial charge in [0, 0.05) is 31.2 Å². The van der Waals surface area contributed by atoms with Crippen LogP contribution in [0.25, 0.3) is 0 Å². The molecule has 1 aromatic rings. The monoisotopic (exact) mass is 262 g/mol. The van der Waals surface area contributed by atoms with Gasteiger partial charge in [-0.2, -0.15) is 5.26 Å². The quantitative estimate of drug-likeness (QED) is 0.879. The Balaban J connectivity index is 1.98. The molecule has 2 rings (SSSR count). The van der Waals surface area contributed by atoms with E-state index in [1.54, 1.807) is 0 Å². The fraction of sp³-hybridized carbons (Fsp3) is 0.615. The van der Waals surface area contributed by atoms with Gasteiger partial charge in [0.05, 0.1) is 0 Å². The van der Waals surface area contributed by atoms with Crippen LogP contribution in [0.1, 0.15) is 37.0 Å². The number of nitrogens with one attached hydrogen (secondary N) is 1. The second-order valence-corrected chi connectivity index (χ2v) is 5.29. The number of carbonyl (C=O) groups is 1. The molecule has 2 heterocycles. The SMILES string of the molecule is CC(C)N1C[C@@H](C)[C@@H](NC(=O)c2cc(C#N)on2)C1. The standard InChI is InChI=1S/C13H18N4O2/c1-8(2)17-6-9(3)12(7-17)15-13(18)11-4-10(5-14)19-16-11/h4,8-9,12H,6-7H2,1-3H3,(H,15,18)/t9-,12+/m1/s1. The van der Waals surface area contributed by atoms with E-state index in [2.05, 4.69) is 36.1 Å². The Morgan fingerprint density at radius 3 is 2.89 bits per heavy atom. The van der Waals surface area contributed by atoms with Gasteiger partial charge in [0.25, 0.3) is 5.91 Å². The van der Waals surface area contributed by atoms with E-state index in [9.17, 15) is 4.79 Å². The van der Waals surface area contributed by atoms with Crippen molar-refractivity contribution in [2.45, 2.75) is 32.9 Å². The van der Waals surface area contributed by atoms with Crippen LogP contribution in [-0.2, 0) is 0 Å². The molecule has 102 valence electrons. The Kier molecular flexibility index (Phi) is 3.86. The van der Waals surface area contributed by atoms with Crippen LogP contribution >= 0.6 is 0 Å². The Morgan fingerprint density at radius 1 is 1.63 bits per heavy atom. The minimum absolute atomic E-state index is 0.0495. The fourth-order valence-electron chi connectivity index (χ4n) is 2.29. The maximum Gasteiger partial charge on any atom is 0.273 e. The van der Waals surface area contributed by atoms with Gasteiger partial charge in [-0.05, 0) is 19.8 Å². The van der Waals surface area contributed by atoms with E-state index in [-0.39, 0.29) is 23.4 Å². The van der Waals surface area contributed by atoms with Gasteiger partial charge in [-0.15, -0.1) is 0 Å². The molecule has 0 aliphatic carbocycles. The molecule has 1 aromatic heterocycles. The summed E-state index contributed by atoms with van der Waals surface area (Å²) in [5.41, 5.74) is 0.159. The predicted molar refractivity (Wildman–Crippen MR) is 68.3 cm³/mol. The smallest absolute Gasteiger partial charge is 0.273 e. The number of nitriles is 1. The fourth-order valence-corrected chi connectivity index (χ4v) is 2.29. The molecular weight excluding hydrogens is 244 g/mol. The zero-order chi connectivity index (χ0) is 14.0. The Hall–Kier alpha value is -1.87. The lowest BCUT2D eigenvalue weighted by Gasteiger charge is -2.20. The highest BCUT2D eigenvalue weighted by Crippen LogP contribution is 2.19. The van der Waals surface area contributed by atoms with Crippen molar-refractivity contribution < 1.29 is 9.32 Å². The summed E-state index contributed by atoms with van der Waals surface area (Å²) in [6.07, 6.45) is 0. The molecule has 0 saturated carbocycles. The predicted octanol–water partition coefficient (Wildman–Crippen LogP) is 1.00. The number of carbonyl (C=O) groups excluding carboxylic acids is 1. The van der Waals surface area contributed by atoms with E-state index in [0.29, 0.717) is 12.0 Å². The lowest BCUT2D eigenvalue weighted by molar-refractivity contribution is 0.0921. The van der Waals surface area contributed by atoms with Crippen molar-refractivity contribution in [2.75, 3.05) is 13.1 Å². The molecule has 1 amide bonds. The van der Waals surface area contributed by atoms with Crippen LogP contribution < -0.4 is 5.32 Å². The van der Waals surface area contributed by atoms with Gasteiger partial charge in [-0.1, -0.05) is 12.1 Å². The second kappa shape index (κ2) is 5.41. The first-order chi connectivity index (χ1) is 9.01. The zero-order valence-corrected chi connectivity index (χ0v) is 11.4. The molecule has 0 radical (unpaired) electrons. The molecule has 1 aliphatic heterocycles. The lowest BCUT2D eigenvalue weighted by Crippen LogP contribution is -2.40. The van der Waals surface area contributed by atoms with Crippen LogP contribution in [0.5, 0.6) is 0 Å². The van der Waals surface area contributed by atoms with Gasteiger partial charge in [0.1, 0.15) is 6.07 Å². The Morgan fingerprint density at radius 2 is 2.37 bits per heavy atom. The molecule has 1 saturated heterocycles. The maximum absolute atomic E-state index is 12.0. The Bertz CT molecular complexity index is 503. The molecule has 19 heavy (non-hydrogen) atoms. The van der Waals surface area contributed by atoms with Gasteiger partial charge in [0.15, 0.2) is 5.69 Å². The third-order valence-electron chi connectivity index (χ3n) is 3.54. The molecule has 2 atom stereocenters. The molecule has 1 fully saturated rings. The Labute approximate surface area is 112 Å². The highest BCUT2D eigenvalue weighted by Gasteiger charge is 2.32. The number of nitrogens with zero attached hydrogens (tertiary/aromatic N) is 3. The molecule has 6 heteroatoms. The van der Waals surface area contributed by atoms with E-state index >= 15 is 0 Å². The molecular formula is C13H18N4O2. The van der Waals surface area contributed by atoms with Crippen LogP contribution in [0, 0.1) is 17.2 Å². The number of hydrogen-bond donors (Lipinski definition) is 1. The van der Waals surface area contributed by atoms with E-state index in [0.717, 1.165) is 13.1 Å². The normalized spacial score (nSPS) is 23.5. The number of rotatable bonds is 3. The summed E-state index contributed by atoms with van der Waals surface area (Å²) in [5.74, 6) is 0.162. The highest BCUT2D eigenvalue weighted by atomic mass is 16.5. The molecule has 1 aliphatic rings. The minimum Gasteiger partial charge on any atom is -0.346 e. The zero-order valence-electron chi connectivity index (χ0n) is 11.4. The first-order valence-corrected chi connectivity index (χ1v) is 6.43. The van der Waals surface area contributed by atoms with Gasteiger partial charge in [0.2, 0.25) is 5.76 Å². The lowest BCUT2D eigenvalue weighted by atomic mass is 10.1. The van der Waals surface area contributed by atoms with Crippen LogP contribution in [-0.4, -0.2) is 41.1 Å². The van der Waals surface area contributed by atoms with Crippen molar-refractivity contribution >= 4 is 5.91 Å². The van der Waals surface area contributed by atoms with E-state index in [1.165, 1.54) is 6.07 Å². The van der Waals surface area contributed by atoms with E-state index in [4.69, 9.17) is 9.78 Å². The summed E-state index contributed by atoms with van der Waals surface area (Å²) in [5, 5.41) is 15.2. The summed E-state index contributed by atoms with van der Waals surface area (Å²) in [4.78, 5) is 14.3. The summed E-state index contributed by atoms with van der Waals surface area (Å²) in [6, 6.07) is 3.75. The minimum atomic E-state index is -0.285. The summed E-state index contributed by atoms with van der Waals surface area (Å²) in [7, 11) is 0. The number of aromatic nitrogens is 1. The van der Waals surface area contributed by atoms with Crippen molar-refractivity contribution in [1.29, 1.82) is 5.26 Å². The van der Waals surface area contributed by atoms with Crippen LogP contribution in [0.3, 0.4) is 0 Å². The maximum atomic E-state index is 12.0. The molecule has 0 unspecified atom stereocenters. The van der Waals surface area contributed by atoms with Crippen molar-refractivity contribution in [1.82, 2.24) is 15.4 Å². The van der Waals surface area contributed by atoms with Crippen molar-refractivity contribution in [3.63, 3.8) is 0 Å². The topological polar surface area (TPSA) is 82.2 Å². The first kappa shape index (κ1) is 13.6. The van der Waals surface area contributed by atoms with Crippen molar-refractivity contribution in [3.8, 4) is 6.07 Å². The largest absolute Gasteiger partial charge is 0.346 e. The highest BCUT2D eigenvalue weighted by molar-refractivity contribution is 5.92. The first-order valence-electron chi connectivity index (χ1n) is 6.43. The molecule has 0 aromatic carbocycles. The van der Waals surface area contributed by atoms with Gasteiger partial charge >= 0.3 is 0 Å². The average Bonchev–Trinajstić information content (AvgIpc) is 2.97. The average molecular weight is 262 g/mol. The van der Waals surface area contributed by atoms with Crippen LogP contribution in [0.2, 0.25) is 0 Å². The number of hydrogen-bond acceptors (Lipinski definition) is 5. The van der Waals surface area contributed by atoms with Gasteiger partial charge in [-0.3, -0.25) is 9.69 Å². The molecule has 0 bridgehead atoms. The molecule has 0 spiro atoms. The van der Waals surface area contributed by atoms with Crippen molar-refractivity contribution in [2.24, 2.45) is 5.92 Å². The molecule has 6 nitrogen and oxygen atoms in total. The second-order valence-electron chi connectivity index (χ2n) is 5.29. The van der Waals surface area contributed by atoms with Crippen molar-refractivity contribution in [3.05, 3.63) is 17.5 Å². The third-order valence-corrected chi connectivity index (χ3v) is 3.54. The number of amides is 1. The van der Waals surface area contributed by atoms with E-state index in [1.807, 2.05) is 6.07 Å². The molecule has 1 N–H and O–H groups in total. The van der Waals surface area contributed by atoms with Gasteiger partial charge < -0.3 is 9.84 Å². The van der Waals surface area contributed by atoms with Gasteiger partial charge in [-0.25, -0.2) is 0 Å². The third kappa shape index (κ3) is 2.93.